The maximum atomic E-state index is 6.02. The number of benzene rings is 2. The van der Waals surface area contributed by atoms with Crippen molar-refractivity contribution in [1.29, 1.82) is 0 Å². The van der Waals surface area contributed by atoms with Gasteiger partial charge in [-0.1, -0.05) is 51.9 Å². The molecule has 0 atom stereocenters. The SMILES string of the molecule is S=C(c1cn(Cc2ccc(Cl)cc2)c2ccc(Br)cc12)N1CCCCC1. The van der Waals surface area contributed by atoms with Gasteiger partial charge in [0.15, 0.2) is 0 Å². The van der Waals surface area contributed by atoms with Gasteiger partial charge in [-0.05, 0) is 55.2 Å². The Morgan fingerprint density at radius 2 is 1.77 bits per heavy atom. The Morgan fingerprint density at radius 1 is 1.04 bits per heavy atom. The summed E-state index contributed by atoms with van der Waals surface area (Å²) in [6.45, 7) is 2.94. The van der Waals surface area contributed by atoms with Gasteiger partial charge in [-0.15, -0.1) is 0 Å². The summed E-state index contributed by atoms with van der Waals surface area (Å²) in [6, 6.07) is 14.5. The fourth-order valence-electron chi connectivity index (χ4n) is 3.62. The molecule has 2 heterocycles. The molecule has 0 unspecified atom stereocenters. The van der Waals surface area contributed by atoms with Gasteiger partial charge >= 0.3 is 0 Å². The van der Waals surface area contributed by atoms with E-state index < -0.39 is 0 Å². The van der Waals surface area contributed by atoms with Crippen LogP contribution < -0.4 is 0 Å². The number of fused-ring (bicyclic) bond motifs is 1. The Bertz CT molecular complexity index is 943. The van der Waals surface area contributed by atoms with E-state index >= 15 is 0 Å². The van der Waals surface area contributed by atoms with Crippen LogP contribution in [0, 0.1) is 0 Å². The standard InChI is InChI=1S/C21H20BrClN2S/c22-16-6-9-20-18(12-16)19(21(26)24-10-2-1-3-11-24)14-25(20)13-15-4-7-17(23)8-5-15/h4-9,12,14H,1-3,10-11,13H2. The van der Waals surface area contributed by atoms with Gasteiger partial charge in [0, 0.05) is 51.8 Å². The first-order valence-electron chi connectivity index (χ1n) is 8.94. The van der Waals surface area contributed by atoms with Gasteiger partial charge in [-0.2, -0.15) is 0 Å². The molecule has 0 amide bonds. The van der Waals surface area contributed by atoms with Gasteiger partial charge < -0.3 is 9.47 Å². The molecule has 1 aromatic heterocycles. The molecule has 134 valence electrons. The molecule has 5 heteroatoms. The Kier molecular flexibility index (Phi) is 5.35. The molecule has 26 heavy (non-hydrogen) atoms. The highest BCUT2D eigenvalue weighted by atomic mass is 79.9. The second-order valence-electron chi connectivity index (χ2n) is 6.81. The molecule has 0 radical (unpaired) electrons. The van der Waals surface area contributed by atoms with Gasteiger partial charge in [0.1, 0.15) is 4.99 Å². The summed E-state index contributed by atoms with van der Waals surface area (Å²) in [5.41, 5.74) is 3.59. The van der Waals surface area contributed by atoms with Crippen LogP contribution in [0.2, 0.25) is 5.02 Å². The highest BCUT2D eigenvalue weighted by molar-refractivity contribution is 9.10. The monoisotopic (exact) mass is 446 g/mol. The maximum Gasteiger partial charge on any atom is 0.111 e. The normalized spacial score (nSPS) is 14.8. The molecular weight excluding hydrogens is 428 g/mol. The van der Waals surface area contributed by atoms with Gasteiger partial charge in [0.05, 0.1) is 0 Å². The van der Waals surface area contributed by atoms with E-state index in [9.17, 15) is 0 Å². The highest BCUT2D eigenvalue weighted by Crippen LogP contribution is 2.28. The smallest absolute Gasteiger partial charge is 0.111 e. The Morgan fingerprint density at radius 3 is 2.50 bits per heavy atom. The number of halogens is 2. The predicted molar refractivity (Wildman–Crippen MR) is 117 cm³/mol. The molecule has 4 rings (SSSR count). The molecule has 1 fully saturated rings. The average Bonchev–Trinajstić information content (AvgIpc) is 3.01. The molecule has 0 aliphatic carbocycles. The molecule has 0 N–H and O–H groups in total. The molecule has 0 bridgehead atoms. The molecular formula is C21H20BrClN2S. The summed E-state index contributed by atoms with van der Waals surface area (Å²) in [7, 11) is 0. The summed E-state index contributed by atoms with van der Waals surface area (Å²) in [4.78, 5) is 3.34. The van der Waals surface area contributed by atoms with Crippen molar-refractivity contribution in [2.45, 2.75) is 25.8 Å². The molecule has 1 aliphatic heterocycles. The van der Waals surface area contributed by atoms with Gasteiger partial charge in [0.2, 0.25) is 0 Å². The lowest BCUT2D eigenvalue weighted by Gasteiger charge is -2.29. The van der Waals surface area contributed by atoms with Gasteiger partial charge in [-0.3, -0.25) is 0 Å². The summed E-state index contributed by atoms with van der Waals surface area (Å²) in [5, 5.41) is 1.98. The fourth-order valence-corrected chi connectivity index (χ4v) is 4.46. The molecule has 2 aromatic carbocycles. The lowest BCUT2D eigenvalue weighted by atomic mass is 10.1. The minimum absolute atomic E-state index is 0.766. The van der Waals surface area contributed by atoms with Crippen LogP contribution in [0.4, 0.5) is 0 Å². The highest BCUT2D eigenvalue weighted by Gasteiger charge is 2.19. The van der Waals surface area contributed by atoms with Crippen LogP contribution >= 0.6 is 39.7 Å². The number of rotatable bonds is 3. The summed E-state index contributed by atoms with van der Waals surface area (Å²) in [5.74, 6) is 0. The van der Waals surface area contributed by atoms with E-state index in [1.807, 2.05) is 12.1 Å². The van der Waals surface area contributed by atoms with Crippen LogP contribution in [-0.4, -0.2) is 27.5 Å². The van der Waals surface area contributed by atoms with Crippen LogP contribution in [0.25, 0.3) is 10.9 Å². The first-order chi connectivity index (χ1) is 12.6. The zero-order valence-electron chi connectivity index (χ0n) is 14.4. The Hall–Kier alpha value is -1.36. The lowest BCUT2D eigenvalue weighted by molar-refractivity contribution is 0.348. The number of hydrogen-bond acceptors (Lipinski definition) is 1. The lowest BCUT2D eigenvalue weighted by Crippen LogP contribution is -2.34. The number of thiocarbonyl (C=S) groups is 1. The van der Waals surface area contributed by atoms with E-state index in [0.717, 1.165) is 39.7 Å². The zero-order valence-corrected chi connectivity index (χ0v) is 17.6. The Balaban J connectivity index is 1.74. The third kappa shape index (κ3) is 3.68. The van der Waals surface area contributed by atoms with Crippen molar-refractivity contribution >= 4 is 55.6 Å². The second-order valence-corrected chi connectivity index (χ2v) is 8.55. The number of aromatic nitrogens is 1. The van der Waals surface area contributed by atoms with Crippen molar-refractivity contribution < 1.29 is 0 Å². The summed E-state index contributed by atoms with van der Waals surface area (Å²) >= 11 is 15.5. The summed E-state index contributed by atoms with van der Waals surface area (Å²) in [6.07, 6.45) is 5.98. The molecule has 0 saturated carbocycles. The van der Waals surface area contributed by atoms with Gasteiger partial charge in [-0.25, -0.2) is 0 Å². The second kappa shape index (κ2) is 7.71. The van der Waals surface area contributed by atoms with E-state index in [2.05, 4.69) is 61.9 Å². The first kappa shape index (κ1) is 18.0. The molecule has 1 saturated heterocycles. The summed E-state index contributed by atoms with van der Waals surface area (Å²) < 4.78 is 3.37. The molecule has 2 nitrogen and oxygen atoms in total. The van der Waals surface area contributed by atoms with Crippen LogP contribution in [0.5, 0.6) is 0 Å². The van der Waals surface area contributed by atoms with Crippen molar-refractivity contribution in [2.24, 2.45) is 0 Å². The number of nitrogens with zero attached hydrogens (tertiary/aromatic N) is 2. The minimum atomic E-state index is 0.766. The zero-order chi connectivity index (χ0) is 18.1. The van der Waals surface area contributed by atoms with E-state index in [0.29, 0.717) is 0 Å². The molecule has 1 aliphatic rings. The molecule has 0 spiro atoms. The van der Waals surface area contributed by atoms with Crippen LogP contribution in [0.15, 0.2) is 53.1 Å². The number of hydrogen-bond donors (Lipinski definition) is 0. The maximum absolute atomic E-state index is 6.02. The van der Waals surface area contributed by atoms with E-state index in [1.54, 1.807) is 0 Å². The van der Waals surface area contributed by atoms with E-state index in [4.69, 9.17) is 23.8 Å². The predicted octanol–water partition coefficient (Wildman–Crippen LogP) is 6.27. The van der Waals surface area contributed by atoms with Crippen LogP contribution in [-0.2, 0) is 6.54 Å². The van der Waals surface area contributed by atoms with Crippen molar-refractivity contribution in [3.63, 3.8) is 0 Å². The van der Waals surface area contributed by atoms with Crippen molar-refractivity contribution in [3.05, 3.63) is 69.3 Å². The van der Waals surface area contributed by atoms with Crippen LogP contribution in [0.1, 0.15) is 30.4 Å². The largest absolute Gasteiger partial charge is 0.362 e. The third-order valence-electron chi connectivity index (χ3n) is 4.98. The fraction of sp³-hybridized carbons (Fsp3) is 0.286. The quantitative estimate of drug-likeness (QED) is 0.437. The van der Waals surface area contributed by atoms with E-state index in [1.165, 1.54) is 35.7 Å². The topological polar surface area (TPSA) is 8.17 Å². The number of likely N-dealkylation sites (tertiary alicyclic amines) is 1. The minimum Gasteiger partial charge on any atom is -0.362 e. The van der Waals surface area contributed by atoms with Crippen molar-refractivity contribution in [3.8, 4) is 0 Å². The average molecular weight is 448 g/mol. The van der Waals surface area contributed by atoms with E-state index in [-0.39, 0.29) is 0 Å². The molecule has 3 aromatic rings. The van der Waals surface area contributed by atoms with Crippen LogP contribution in [0.3, 0.4) is 0 Å². The Labute approximate surface area is 172 Å². The van der Waals surface area contributed by atoms with Crippen molar-refractivity contribution in [2.75, 3.05) is 13.1 Å². The third-order valence-corrected chi connectivity index (χ3v) is 6.21. The number of piperidine rings is 1. The van der Waals surface area contributed by atoms with Crippen molar-refractivity contribution in [1.82, 2.24) is 9.47 Å². The first-order valence-corrected chi connectivity index (χ1v) is 10.5. The van der Waals surface area contributed by atoms with Gasteiger partial charge in [0.25, 0.3) is 0 Å².